The van der Waals surface area contributed by atoms with Crippen LogP contribution >= 0.6 is 11.3 Å². The van der Waals surface area contributed by atoms with Gasteiger partial charge in [0, 0.05) is 11.9 Å². The Morgan fingerprint density at radius 1 is 1.21 bits per heavy atom. The van der Waals surface area contributed by atoms with Crippen LogP contribution in [0.15, 0.2) is 29.6 Å². The highest BCUT2D eigenvalue weighted by Gasteiger charge is 2.01. The molecule has 1 N–H and O–H groups in total. The summed E-state index contributed by atoms with van der Waals surface area (Å²) in [6.45, 7) is 6.66. The summed E-state index contributed by atoms with van der Waals surface area (Å²) in [6.07, 6.45) is 0.990. The lowest BCUT2D eigenvalue weighted by Gasteiger charge is -2.06. The van der Waals surface area contributed by atoms with Crippen LogP contribution in [-0.4, -0.2) is 11.5 Å². The van der Waals surface area contributed by atoms with Crippen LogP contribution in [0.2, 0.25) is 0 Å². The van der Waals surface area contributed by atoms with E-state index in [-0.39, 0.29) is 0 Å². The summed E-state index contributed by atoms with van der Waals surface area (Å²) in [6, 6.07) is 8.21. The van der Waals surface area contributed by atoms with Crippen molar-refractivity contribution < 1.29 is 4.74 Å². The third-order valence-corrected chi connectivity index (χ3v) is 3.83. The van der Waals surface area contributed by atoms with E-state index in [0.717, 1.165) is 31.0 Å². The van der Waals surface area contributed by atoms with E-state index in [9.17, 15) is 0 Å². The van der Waals surface area contributed by atoms with Crippen LogP contribution in [0, 0.1) is 0 Å². The monoisotopic (exact) mass is 276 g/mol. The average molecular weight is 276 g/mol. The molecule has 1 aromatic heterocycles. The predicted molar refractivity (Wildman–Crippen MR) is 79.6 cm³/mol. The topological polar surface area (TPSA) is 34.1 Å². The van der Waals surface area contributed by atoms with Crippen molar-refractivity contribution in [1.82, 2.24) is 10.3 Å². The lowest BCUT2D eigenvalue weighted by Crippen LogP contribution is -2.11. The van der Waals surface area contributed by atoms with Crippen molar-refractivity contribution in [2.24, 2.45) is 0 Å². The molecule has 0 unspecified atom stereocenters. The fourth-order valence-corrected chi connectivity index (χ4v) is 2.44. The first-order valence-electron chi connectivity index (χ1n) is 6.67. The highest BCUT2D eigenvalue weighted by molar-refractivity contribution is 7.09. The third-order valence-electron chi connectivity index (χ3n) is 2.79. The Labute approximate surface area is 118 Å². The van der Waals surface area contributed by atoms with Gasteiger partial charge in [-0.25, -0.2) is 4.98 Å². The van der Waals surface area contributed by atoms with Crippen molar-refractivity contribution in [2.75, 3.05) is 6.54 Å². The van der Waals surface area contributed by atoms with E-state index in [2.05, 4.69) is 41.7 Å². The van der Waals surface area contributed by atoms with Gasteiger partial charge in [-0.2, -0.15) is 0 Å². The molecule has 0 spiro atoms. The molecule has 0 fully saturated rings. The maximum absolute atomic E-state index is 5.73. The van der Waals surface area contributed by atoms with Gasteiger partial charge in [-0.15, -0.1) is 11.3 Å². The number of thiazole rings is 1. The molecule has 102 valence electrons. The van der Waals surface area contributed by atoms with E-state index < -0.39 is 0 Å². The normalized spacial score (nSPS) is 10.6. The van der Waals surface area contributed by atoms with Crippen molar-refractivity contribution in [1.29, 1.82) is 0 Å². The fourth-order valence-electron chi connectivity index (χ4n) is 1.71. The summed E-state index contributed by atoms with van der Waals surface area (Å²) in [5.41, 5.74) is 2.29. The van der Waals surface area contributed by atoms with Gasteiger partial charge in [-0.3, -0.25) is 0 Å². The van der Waals surface area contributed by atoms with E-state index in [1.807, 2.05) is 12.1 Å². The quantitative estimate of drug-likeness (QED) is 0.841. The van der Waals surface area contributed by atoms with Gasteiger partial charge < -0.3 is 10.1 Å². The van der Waals surface area contributed by atoms with Gasteiger partial charge in [0.2, 0.25) is 0 Å². The molecule has 2 rings (SSSR count). The van der Waals surface area contributed by atoms with Crippen LogP contribution in [0.1, 0.15) is 30.1 Å². The summed E-state index contributed by atoms with van der Waals surface area (Å²) >= 11 is 1.70. The molecule has 0 radical (unpaired) electrons. The maximum Gasteiger partial charge on any atom is 0.131 e. The molecule has 1 heterocycles. The molecule has 3 nitrogen and oxygen atoms in total. The smallest absolute Gasteiger partial charge is 0.131 e. The van der Waals surface area contributed by atoms with E-state index in [1.165, 1.54) is 10.6 Å². The van der Waals surface area contributed by atoms with Crippen LogP contribution in [0.5, 0.6) is 5.75 Å². The van der Waals surface area contributed by atoms with Crippen molar-refractivity contribution in [2.45, 2.75) is 33.4 Å². The van der Waals surface area contributed by atoms with Crippen LogP contribution in [0.4, 0.5) is 0 Å². The zero-order chi connectivity index (χ0) is 13.5. The van der Waals surface area contributed by atoms with Crippen LogP contribution < -0.4 is 10.1 Å². The lowest BCUT2D eigenvalue weighted by molar-refractivity contribution is 0.302. The number of rotatable bonds is 7. The van der Waals surface area contributed by atoms with E-state index in [4.69, 9.17) is 4.74 Å². The highest BCUT2D eigenvalue weighted by atomic mass is 32.1. The summed E-state index contributed by atoms with van der Waals surface area (Å²) < 4.78 is 5.73. The number of nitrogens with zero attached hydrogens (tertiary/aromatic N) is 1. The first-order valence-corrected chi connectivity index (χ1v) is 7.55. The van der Waals surface area contributed by atoms with Gasteiger partial charge >= 0.3 is 0 Å². The zero-order valence-electron chi connectivity index (χ0n) is 11.5. The number of benzene rings is 1. The summed E-state index contributed by atoms with van der Waals surface area (Å²) in [5, 5.41) is 6.54. The number of hydrogen-bond donors (Lipinski definition) is 1. The van der Waals surface area contributed by atoms with E-state index >= 15 is 0 Å². The Kier molecular flexibility index (Phi) is 5.36. The molecular formula is C15H20N2OS. The molecule has 0 amide bonds. The Morgan fingerprint density at radius 2 is 2.00 bits per heavy atom. The van der Waals surface area contributed by atoms with Gasteiger partial charge in [-0.05, 0) is 30.7 Å². The minimum atomic E-state index is 0.545. The largest absolute Gasteiger partial charge is 0.487 e. The average Bonchev–Trinajstić information content (AvgIpc) is 2.92. The van der Waals surface area contributed by atoms with Gasteiger partial charge in [-0.1, -0.05) is 26.0 Å². The molecule has 1 aromatic carbocycles. The van der Waals surface area contributed by atoms with Crippen molar-refractivity contribution in [3.63, 3.8) is 0 Å². The Bertz CT molecular complexity index is 493. The molecule has 0 bridgehead atoms. The molecule has 0 aliphatic carbocycles. The summed E-state index contributed by atoms with van der Waals surface area (Å²) in [7, 11) is 0. The van der Waals surface area contributed by atoms with Gasteiger partial charge in [0.15, 0.2) is 0 Å². The van der Waals surface area contributed by atoms with Crippen LogP contribution in [0.3, 0.4) is 0 Å². The van der Waals surface area contributed by atoms with E-state index in [0.29, 0.717) is 6.61 Å². The van der Waals surface area contributed by atoms with Crippen molar-refractivity contribution >= 4 is 11.3 Å². The van der Waals surface area contributed by atoms with Gasteiger partial charge in [0.05, 0.1) is 10.7 Å². The Hall–Kier alpha value is -1.39. The second kappa shape index (κ2) is 7.26. The highest BCUT2D eigenvalue weighted by Crippen LogP contribution is 2.16. The van der Waals surface area contributed by atoms with E-state index in [1.54, 1.807) is 11.3 Å². The number of nitrogens with one attached hydrogen (secondary N) is 1. The zero-order valence-corrected chi connectivity index (χ0v) is 12.3. The van der Waals surface area contributed by atoms with Gasteiger partial charge in [0.1, 0.15) is 12.4 Å². The minimum Gasteiger partial charge on any atom is -0.487 e. The Morgan fingerprint density at radius 3 is 2.63 bits per heavy atom. The number of aryl methyl sites for hydroxylation is 1. The second-order valence-corrected chi connectivity index (χ2v) is 5.24. The second-order valence-electron chi connectivity index (χ2n) is 4.30. The molecule has 0 aliphatic rings. The molecule has 0 saturated heterocycles. The minimum absolute atomic E-state index is 0.545. The Balaban J connectivity index is 1.85. The molecule has 0 saturated carbocycles. The van der Waals surface area contributed by atoms with Crippen LogP contribution in [0.25, 0.3) is 0 Å². The fraction of sp³-hybridized carbons (Fsp3) is 0.400. The molecule has 4 heteroatoms. The maximum atomic E-state index is 5.73. The third kappa shape index (κ3) is 4.33. The summed E-state index contributed by atoms with van der Waals surface area (Å²) in [5.74, 6) is 0.895. The van der Waals surface area contributed by atoms with Crippen molar-refractivity contribution in [3.05, 3.63) is 45.9 Å². The predicted octanol–water partition coefficient (Wildman–Crippen LogP) is 3.39. The molecule has 0 aliphatic heterocycles. The standard InChI is InChI=1S/C15H20N2OS/c1-3-15-17-13(11-19-15)10-18-14-7-5-12(6-8-14)9-16-4-2/h5-8,11,16H,3-4,9-10H2,1-2H3. The number of aromatic nitrogens is 1. The molecule has 2 aromatic rings. The molecule has 0 atom stereocenters. The summed E-state index contributed by atoms with van der Waals surface area (Å²) in [4.78, 5) is 4.49. The molecular weight excluding hydrogens is 256 g/mol. The number of hydrogen-bond acceptors (Lipinski definition) is 4. The lowest BCUT2D eigenvalue weighted by atomic mass is 10.2. The first-order chi connectivity index (χ1) is 9.31. The molecule has 19 heavy (non-hydrogen) atoms. The van der Waals surface area contributed by atoms with Crippen molar-refractivity contribution in [3.8, 4) is 5.75 Å². The number of ether oxygens (including phenoxy) is 1. The van der Waals surface area contributed by atoms with Crippen LogP contribution in [-0.2, 0) is 19.6 Å². The first kappa shape index (κ1) is 14.0. The van der Waals surface area contributed by atoms with Gasteiger partial charge in [0.25, 0.3) is 0 Å². The SMILES string of the molecule is CCNCc1ccc(OCc2csc(CC)n2)cc1.